The Labute approximate surface area is 184 Å². The number of carbonyl (C=O) groups is 1. The van der Waals surface area contributed by atoms with Gasteiger partial charge in [0.2, 0.25) is 5.91 Å². The average Bonchev–Trinajstić information content (AvgIpc) is 3.49. The molecule has 30 heavy (non-hydrogen) atoms. The van der Waals surface area contributed by atoms with Crippen molar-refractivity contribution in [2.45, 2.75) is 44.8 Å². The van der Waals surface area contributed by atoms with Crippen molar-refractivity contribution in [1.29, 1.82) is 0 Å². The van der Waals surface area contributed by atoms with Gasteiger partial charge in [-0.1, -0.05) is 41.4 Å². The highest BCUT2D eigenvalue weighted by molar-refractivity contribution is 6.31. The Morgan fingerprint density at radius 1 is 1.17 bits per heavy atom. The van der Waals surface area contributed by atoms with Gasteiger partial charge in [-0.2, -0.15) is 0 Å². The minimum absolute atomic E-state index is 0.130. The Kier molecular flexibility index (Phi) is 5.97. The van der Waals surface area contributed by atoms with Crippen molar-refractivity contribution in [2.75, 3.05) is 0 Å². The molecule has 6 nitrogen and oxygen atoms in total. The molecule has 1 aliphatic rings. The number of nitrogens with zero attached hydrogens (tertiary/aromatic N) is 3. The van der Waals surface area contributed by atoms with Gasteiger partial charge in [0, 0.05) is 27.7 Å². The van der Waals surface area contributed by atoms with Gasteiger partial charge >= 0.3 is 5.69 Å². The lowest BCUT2D eigenvalue weighted by Gasteiger charge is -2.14. The predicted molar refractivity (Wildman–Crippen MR) is 118 cm³/mol. The molecule has 1 aromatic heterocycles. The molecule has 1 saturated carbocycles. The first-order chi connectivity index (χ1) is 14.4. The van der Waals surface area contributed by atoms with Crippen LogP contribution in [0.4, 0.5) is 0 Å². The number of rotatable bonds is 7. The highest BCUT2D eigenvalue weighted by atomic mass is 35.5. The summed E-state index contributed by atoms with van der Waals surface area (Å²) in [4.78, 5) is 25.5. The van der Waals surface area contributed by atoms with Crippen LogP contribution in [0.2, 0.25) is 10.0 Å². The molecule has 1 amide bonds. The largest absolute Gasteiger partial charge is 0.352 e. The molecule has 3 aromatic rings. The average molecular weight is 445 g/mol. The molecule has 0 aliphatic heterocycles. The first kappa shape index (κ1) is 20.7. The molecule has 2 aromatic carbocycles. The fourth-order valence-electron chi connectivity index (χ4n) is 3.48. The van der Waals surface area contributed by atoms with Crippen LogP contribution < -0.4 is 11.0 Å². The van der Waals surface area contributed by atoms with E-state index in [1.165, 1.54) is 4.68 Å². The Bertz CT molecular complexity index is 1120. The van der Waals surface area contributed by atoms with E-state index in [1.807, 2.05) is 43.3 Å². The van der Waals surface area contributed by atoms with Gasteiger partial charge in [-0.15, -0.1) is 5.10 Å². The number of aromatic nitrogens is 3. The van der Waals surface area contributed by atoms with Gasteiger partial charge in [-0.3, -0.25) is 9.36 Å². The molecule has 0 bridgehead atoms. The zero-order valence-corrected chi connectivity index (χ0v) is 18.0. The zero-order valence-electron chi connectivity index (χ0n) is 16.5. The fraction of sp³-hybridized carbons (Fsp3) is 0.318. The lowest BCUT2D eigenvalue weighted by atomic mass is 10.1. The summed E-state index contributed by atoms with van der Waals surface area (Å²) >= 11 is 12.2. The number of hydrogen-bond donors (Lipinski definition) is 1. The van der Waals surface area contributed by atoms with Crippen LogP contribution in [0, 0.1) is 0 Å². The maximum atomic E-state index is 12.9. The summed E-state index contributed by atoms with van der Waals surface area (Å²) in [5.74, 6) is 0.302. The van der Waals surface area contributed by atoms with Gasteiger partial charge in [0.25, 0.3) is 0 Å². The van der Waals surface area contributed by atoms with Crippen LogP contribution in [0.1, 0.15) is 31.4 Å². The molecule has 0 radical (unpaired) electrons. The summed E-state index contributed by atoms with van der Waals surface area (Å²) in [6.45, 7) is 1.78. The van der Waals surface area contributed by atoms with Crippen molar-refractivity contribution in [3.63, 3.8) is 0 Å². The second-order valence-corrected chi connectivity index (χ2v) is 8.48. The van der Waals surface area contributed by atoms with Crippen molar-refractivity contribution in [1.82, 2.24) is 19.7 Å². The zero-order chi connectivity index (χ0) is 21.3. The monoisotopic (exact) mass is 444 g/mol. The number of hydrogen-bond acceptors (Lipinski definition) is 3. The number of amides is 1. The normalized spacial score (nSPS) is 14.5. The van der Waals surface area contributed by atoms with Gasteiger partial charge in [0.15, 0.2) is 5.82 Å². The number of nitrogens with one attached hydrogen (secondary N) is 1. The molecule has 1 atom stereocenters. The molecule has 1 fully saturated rings. The Hall–Kier alpha value is -2.57. The molecule has 1 aliphatic carbocycles. The van der Waals surface area contributed by atoms with Gasteiger partial charge in [-0.05, 0) is 62.1 Å². The van der Waals surface area contributed by atoms with E-state index < -0.39 is 0 Å². The third-order valence-electron chi connectivity index (χ3n) is 5.07. The van der Waals surface area contributed by atoms with Crippen LogP contribution in [-0.2, 0) is 17.8 Å². The molecule has 1 heterocycles. The second-order valence-electron chi connectivity index (χ2n) is 7.64. The van der Waals surface area contributed by atoms with Crippen molar-refractivity contribution in [3.05, 3.63) is 74.6 Å². The second kappa shape index (κ2) is 8.66. The molecule has 0 spiro atoms. The molecule has 1 N–H and O–H groups in total. The van der Waals surface area contributed by atoms with Crippen LogP contribution in [0.5, 0.6) is 0 Å². The fourth-order valence-corrected chi connectivity index (χ4v) is 3.82. The van der Waals surface area contributed by atoms with E-state index in [-0.39, 0.29) is 30.2 Å². The summed E-state index contributed by atoms with van der Waals surface area (Å²) in [5, 5.41) is 8.67. The maximum Gasteiger partial charge on any atom is 0.346 e. The molecule has 156 valence electrons. The highest BCUT2D eigenvalue weighted by Gasteiger charge is 2.30. The lowest BCUT2D eigenvalue weighted by Crippen LogP contribution is -2.39. The van der Waals surface area contributed by atoms with Gasteiger partial charge in [0.1, 0.15) is 6.54 Å². The van der Waals surface area contributed by atoms with Crippen LogP contribution in [0.15, 0.2) is 53.3 Å². The first-order valence-electron chi connectivity index (χ1n) is 9.90. The maximum absolute atomic E-state index is 12.9. The topological polar surface area (TPSA) is 68.9 Å². The number of halogens is 2. The molecule has 1 unspecified atom stereocenters. The number of benzene rings is 2. The van der Waals surface area contributed by atoms with E-state index >= 15 is 0 Å². The Balaban J connectivity index is 1.49. The van der Waals surface area contributed by atoms with Crippen LogP contribution in [0.3, 0.4) is 0 Å². The van der Waals surface area contributed by atoms with E-state index in [0.29, 0.717) is 22.3 Å². The van der Waals surface area contributed by atoms with E-state index in [1.54, 1.807) is 16.7 Å². The van der Waals surface area contributed by atoms with Gasteiger partial charge < -0.3 is 5.32 Å². The van der Waals surface area contributed by atoms with Crippen molar-refractivity contribution in [3.8, 4) is 11.4 Å². The van der Waals surface area contributed by atoms with E-state index in [9.17, 15) is 9.59 Å². The van der Waals surface area contributed by atoms with E-state index in [2.05, 4.69) is 10.4 Å². The smallest absolute Gasteiger partial charge is 0.346 e. The minimum Gasteiger partial charge on any atom is -0.352 e. The van der Waals surface area contributed by atoms with Crippen LogP contribution in [-0.4, -0.2) is 26.3 Å². The SMILES string of the molecule is CC(Cc1ccccc1Cl)NC(=O)Cn1nc(-c2ccc(Cl)cc2)n(C2CC2)c1=O. The standard InChI is InChI=1S/C22H22Cl2N4O2/c1-14(12-16-4-2-3-5-19(16)24)25-20(29)13-27-22(30)28(18-10-11-18)21(26-27)15-6-8-17(23)9-7-15/h2-9,14,18H,10-13H2,1H3,(H,25,29). The summed E-state index contributed by atoms with van der Waals surface area (Å²) in [6.07, 6.45) is 2.48. The molecular formula is C22H22Cl2N4O2. The number of carbonyl (C=O) groups excluding carboxylic acids is 1. The molecule has 0 saturated heterocycles. The summed E-state index contributed by atoms with van der Waals surface area (Å²) in [6, 6.07) is 14.8. The highest BCUT2D eigenvalue weighted by Crippen LogP contribution is 2.36. The van der Waals surface area contributed by atoms with Crippen molar-refractivity contribution in [2.24, 2.45) is 0 Å². The summed E-state index contributed by atoms with van der Waals surface area (Å²) in [7, 11) is 0. The first-order valence-corrected chi connectivity index (χ1v) is 10.7. The van der Waals surface area contributed by atoms with Crippen LogP contribution >= 0.6 is 23.2 Å². The summed E-state index contributed by atoms with van der Waals surface area (Å²) in [5.41, 5.74) is 1.50. The summed E-state index contributed by atoms with van der Waals surface area (Å²) < 4.78 is 2.92. The third-order valence-corrected chi connectivity index (χ3v) is 5.69. The van der Waals surface area contributed by atoms with E-state index in [0.717, 1.165) is 24.0 Å². The van der Waals surface area contributed by atoms with Gasteiger partial charge in [0.05, 0.1) is 0 Å². The van der Waals surface area contributed by atoms with Gasteiger partial charge in [-0.25, -0.2) is 9.48 Å². The Morgan fingerprint density at radius 3 is 2.53 bits per heavy atom. The van der Waals surface area contributed by atoms with Crippen LogP contribution in [0.25, 0.3) is 11.4 Å². The van der Waals surface area contributed by atoms with Crippen molar-refractivity contribution < 1.29 is 4.79 Å². The predicted octanol–water partition coefficient (Wildman–Crippen LogP) is 4.10. The van der Waals surface area contributed by atoms with E-state index in [4.69, 9.17) is 23.2 Å². The molecule has 8 heteroatoms. The van der Waals surface area contributed by atoms with Crippen molar-refractivity contribution >= 4 is 29.1 Å². The molecule has 4 rings (SSSR count). The Morgan fingerprint density at radius 2 is 1.87 bits per heavy atom. The quantitative estimate of drug-likeness (QED) is 0.596. The molecular weight excluding hydrogens is 423 g/mol. The third kappa shape index (κ3) is 4.60. The lowest BCUT2D eigenvalue weighted by molar-refractivity contribution is -0.122. The minimum atomic E-state index is -0.267.